The molecule has 0 saturated carbocycles. The second kappa shape index (κ2) is 12.2. The maximum Gasteiger partial charge on any atom is 0.451 e. The number of halogens is 5. The predicted molar refractivity (Wildman–Crippen MR) is 175 cm³/mol. The number of benzene rings is 2. The molecular formula is C32H31ClF4N8O2S. The second-order valence-corrected chi connectivity index (χ2v) is 13.8. The highest BCUT2D eigenvalue weighted by Crippen LogP contribution is 2.48. The summed E-state index contributed by atoms with van der Waals surface area (Å²) >= 11 is 8.53. The number of hydrogen-bond acceptors (Lipinski definition) is 8. The molecule has 0 spiro atoms. The predicted octanol–water partition coefficient (Wildman–Crippen LogP) is 5.24. The van der Waals surface area contributed by atoms with Crippen LogP contribution >= 0.6 is 23.4 Å². The van der Waals surface area contributed by atoms with Crippen molar-refractivity contribution in [3.63, 3.8) is 0 Å². The Balaban J connectivity index is 1.32. The lowest BCUT2D eigenvalue weighted by Gasteiger charge is -2.45. The summed E-state index contributed by atoms with van der Waals surface area (Å²) in [5, 5.41) is 8.27. The van der Waals surface area contributed by atoms with E-state index in [0.29, 0.717) is 64.8 Å². The van der Waals surface area contributed by atoms with E-state index in [4.69, 9.17) is 11.6 Å². The highest BCUT2D eigenvalue weighted by atomic mass is 35.5. The largest absolute Gasteiger partial charge is 0.451 e. The van der Waals surface area contributed by atoms with Gasteiger partial charge in [-0.25, -0.2) is 9.18 Å². The van der Waals surface area contributed by atoms with Gasteiger partial charge in [-0.1, -0.05) is 30.3 Å². The van der Waals surface area contributed by atoms with Crippen LogP contribution in [0.25, 0.3) is 22.0 Å². The molecule has 5 heterocycles. The van der Waals surface area contributed by atoms with E-state index < -0.39 is 23.5 Å². The summed E-state index contributed by atoms with van der Waals surface area (Å²) in [5.74, 6) is -0.443. The number of hydrogen-bond donors (Lipinski definition) is 0. The molecule has 10 nitrogen and oxygen atoms in total. The van der Waals surface area contributed by atoms with E-state index in [1.54, 1.807) is 27.7 Å². The first kappa shape index (κ1) is 32.6. The van der Waals surface area contributed by atoms with Gasteiger partial charge in [-0.2, -0.15) is 18.2 Å². The maximum absolute atomic E-state index is 14.1. The molecule has 3 aliphatic rings. The molecule has 0 N–H and O–H groups in total. The molecule has 2 aromatic carbocycles. The van der Waals surface area contributed by atoms with Gasteiger partial charge < -0.3 is 14.4 Å². The van der Waals surface area contributed by atoms with Gasteiger partial charge in [-0.15, -0.1) is 22.0 Å². The molecule has 252 valence electrons. The van der Waals surface area contributed by atoms with Crippen LogP contribution in [0.2, 0.25) is 5.02 Å². The molecule has 0 bridgehead atoms. The average molecular weight is 703 g/mol. The van der Waals surface area contributed by atoms with Crippen molar-refractivity contribution in [2.75, 3.05) is 36.8 Å². The molecular weight excluding hydrogens is 672 g/mol. The van der Waals surface area contributed by atoms with Crippen molar-refractivity contribution in [3.8, 4) is 11.1 Å². The van der Waals surface area contributed by atoms with Gasteiger partial charge in [0.15, 0.2) is 0 Å². The Morgan fingerprint density at radius 1 is 1.12 bits per heavy atom. The van der Waals surface area contributed by atoms with Gasteiger partial charge in [0.05, 0.1) is 23.1 Å². The summed E-state index contributed by atoms with van der Waals surface area (Å²) in [7, 11) is 0. The van der Waals surface area contributed by atoms with Crippen LogP contribution in [0.15, 0.2) is 52.7 Å². The van der Waals surface area contributed by atoms with Crippen LogP contribution in [0.3, 0.4) is 0 Å². The van der Waals surface area contributed by atoms with Gasteiger partial charge >= 0.3 is 11.9 Å². The van der Waals surface area contributed by atoms with E-state index in [1.165, 1.54) is 30.0 Å². The fourth-order valence-corrected chi connectivity index (χ4v) is 8.72. The first-order chi connectivity index (χ1) is 22.8. The molecule has 4 aromatic rings. The van der Waals surface area contributed by atoms with E-state index in [1.807, 2.05) is 23.6 Å². The number of anilines is 1. The Hall–Kier alpha value is -3.95. The summed E-state index contributed by atoms with van der Waals surface area (Å²) in [6, 6.07) is 7.05. The lowest BCUT2D eigenvalue weighted by molar-refractivity contribution is -0.148. The van der Waals surface area contributed by atoms with Gasteiger partial charge in [0, 0.05) is 66.4 Å². The van der Waals surface area contributed by atoms with Crippen LogP contribution in [-0.2, 0) is 24.1 Å². The normalized spacial score (nSPS) is 21.4. The van der Waals surface area contributed by atoms with Crippen LogP contribution in [-0.4, -0.2) is 84.0 Å². The van der Waals surface area contributed by atoms with Crippen LogP contribution in [0, 0.1) is 5.82 Å². The van der Waals surface area contributed by atoms with E-state index in [-0.39, 0.29) is 42.9 Å². The molecule has 0 radical (unpaired) electrons. The third-order valence-electron chi connectivity index (χ3n) is 9.29. The quantitative estimate of drug-likeness (QED) is 0.206. The Bertz CT molecular complexity index is 2000. The number of carbonyl (C=O) groups is 1. The van der Waals surface area contributed by atoms with Crippen LogP contribution in [0.4, 0.5) is 23.4 Å². The first-order valence-electron chi connectivity index (χ1n) is 15.4. The number of piperazine rings is 1. The molecule has 0 aliphatic carbocycles. The Morgan fingerprint density at radius 3 is 2.58 bits per heavy atom. The van der Waals surface area contributed by atoms with Gasteiger partial charge in [0.25, 0.3) is 0 Å². The zero-order chi connectivity index (χ0) is 34.1. The minimum absolute atomic E-state index is 0.0653. The summed E-state index contributed by atoms with van der Waals surface area (Å²) in [5.41, 5.74) is 1.53. The topological polar surface area (TPSA) is 92.4 Å². The maximum atomic E-state index is 14.1. The lowest BCUT2D eigenvalue weighted by atomic mass is 10.0. The zero-order valence-electron chi connectivity index (χ0n) is 26.0. The molecule has 0 unspecified atom stereocenters. The van der Waals surface area contributed by atoms with E-state index in [9.17, 15) is 27.2 Å². The van der Waals surface area contributed by atoms with E-state index >= 15 is 0 Å². The standard InChI is InChI=1S/C32H31ClF4N8O2S/c1-4-25(46)43-12-18(3)44(13-17(43)2)29-22-11-23(33)26(19-5-7-20(34)8-6-19)28-27(22)45(31(47)38-29)21(16-48-28)14-41-9-10-42-24(15-41)39-40-30(42)32(35,36)37/h4-8,11,17-18,21H,1,9-10,12-16H2,2-3H3/t17-,18+,21+/m1/s1. The molecule has 1 saturated heterocycles. The summed E-state index contributed by atoms with van der Waals surface area (Å²) in [4.78, 5) is 37.8. The minimum Gasteiger partial charge on any atom is -0.349 e. The molecule has 3 aliphatic heterocycles. The van der Waals surface area contributed by atoms with Crippen LogP contribution in [0.1, 0.15) is 31.5 Å². The fourth-order valence-electron chi connectivity index (χ4n) is 7.02. The number of nitrogens with zero attached hydrogens (tertiary/aromatic N) is 8. The van der Waals surface area contributed by atoms with E-state index in [0.717, 1.165) is 9.46 Å². The van der Waals surface area contributed by atoms with Crippen molar-refractivity contribution < 1.29 is 22.4 Å². The molecule has 2 aromatic heterocycles. The van der Waals surface area contributed by atoms with Crippen molar-refractivity contribution in [2.24, 2.45) is 0 Å². The number of carbonyl (C=O) groups excluding carboxylic acids is 1. The monoisotopic (exact) mass is 702 g/mol. The number of rotatable bonds is 5. The second-order valence-electron chi connectivity index (χ2n) is 12.4. The first-order valence-corrected chi connectivity index (χ1v) is 16.8. The third kappa shape index (κ3) is 5.54. The summed E-state index contributed by atoms with van der Waals surface area (Å²) in [6.07, 6.45) is -3.31. The smallest absolute Gasteiger partial charge is 0.349 e. The van der Waals surface area contributed by atoms with Gasteiger partial charge in [0.2, 0.25) is 11.7 Å². The highest BCUT2D eigenvalue weighted by molar-refractivity contribution is 7.99. The lowest BCUT2D eigenvalue weighted by Crippen LogP contribution is -2.58. The Kier molecular flexibility index (Phi) is 8.27. The zero-order valence-corrected chi connectivity index (χ0v) is 27.6. The molecule has 48 heavy (non-hydrogen) atoms. The summed E-state index contributed by atoms with van der Waals surface area (Å²) in [6.45, 7) is 9.23. The molecule has 1 amide bonds. The van der Waals surface area contributed by atoms with Crippen molar-refractivity contribution >= 4 is 46.0 Å². The molecule has 16 heteroatoms. The van der Waals surface area contributed by atoms with Crippen LogP contribution < -0.4 is 10.6 Å². The Morgan fingerprint density at radius 2 is 1.88 bits per heavy atom. The number of fused-ring (bicyclic) bond motifs is 1. The van der Waals surface area contributed by atoms with Gasteiger partial charge in [-0.05, 0) is 43.7 Å². The van der Waals surface area contributed by atoms with Gasteiger partial charge in [0.1, 0.15) is 17.5 Å². The molecule has 3 atom stereocenters. The van der Waals surface area contributed by atoms with Gasteiger partial charge in [-0.3, -0.25) is 14.3 Å². The Labute approximate surface area is 282 Å². The third-order valence-corrected chi connectivity index (χ3v) is 10.8. The number of amides is 1. The minimum atomic E-state index is -4.60. The fraction of sp³-hybridized carbons (Fsp3) is 0.406. The SMILES string of the molecule is C=CC(=O)N1C[C@H](C)N(c2nc(=O)n3c4c(c(-c5ccc(F)cc5)c(Cl)cc24)SC[C@@H]3CN2CCn3c(nnc3C(F)(F)F)C2)C[C@H]1C. The summed E-state index contributed by atoms with van der Waals surface area (Å²) < 4.78 is 57.0. The number of aromatic nitrogens is 5. The van der Waals surface area contributed by atoms with Crippen LogP contribution in [0.5, 0.6) is 0 Å². The highest BCUT2D eigenvalue weighted by Gasteiger charge is 2.40. The van der Waals surface area contributed by atoms with Crippen molar-refractivity contribution in [3.05, 3.63) is 76.0 Å². The number of thioether (sulfide) groups is 1. The van der Waals surface area contributed by atoms with Crippen molar-refractivity contribution in [1.29, 1.82) is 0 Å². The van der Waals surface area contributed by atoms with Crippen molar-refractivity contribution in [1.82, 2.24) is 34.1 Å². The van der Waals surface area contributed by atoms with Crippen molar-refractivity contribution in [2.45, 2.75) is 56.1 Å². The number of alkyl halides is 3. The average Bonchev–Trinajstić information content (AvgIpc) is 3.48. The molecule has 7 rings (SSSR count). The van der Waals surface area contributed by atoms with E-state index in [2.05, 4.69) is 21.8 Å². The molecule has 1 fully saturated rings.